The fraction of sp³-hybridized carbons (Fsp3) is 0.571. The summed E-state index contributed by atoms with van der Waals surface area (Å²) in [7, 11) is -0.176. The van der Waals surface area contributed by atoms with Crippen LogP contribution in [0.2, 0.25) is 5.02 Å². The summed E-state index contributed by atoms with van der Waals surface area (Å²) >= 11 is 5.50. The molecule has 23 heavy (non-hydrogen) atoms. The van der Waals surface area contributed by atoms with E-state index in [-0.39, 0.29) is 12.0 Å². The molecule has 0 aromatic heterocycles. The molecule has 0 bridgehead atoms. The molecule has 2 N–H and O–H groups in total. The number of alkyl halides is 3. The molecule has 0 amide bonds. The number of hydrogen-bond donors (Lipinski definition) is 2. The van der Waals surface area contributed by atoms with Crippen LogP contribution < -0.4 is 9.62 Å². The number of quaternary nitrogens is 1. The molecule has 0 heterocycles. The molecule has 1 aromatic carbocycles. The number of sulfonamides is 1. The van der Waals surface area contributed by atoms with Gasteiger partial charge in [-0.2, -0.15) is 13.2 Å². The van der Waals surface area contributed by atoms with Crippen molar-refractivity contribution in [1.82, 2.24) is 4.72 Å². The summed E-state index contributed by atoms with van der Waals surface area (Å²) in [5.74, 6) is 0. The fourth-order valence-corrected chi connectivity index (χ4v) is 3.77. The lowest BCUT2D eigenvalue weighted by atomic mass is 9.93. The Morgan fingerprint density at radius 2 is 1.78 bits per heavy atom. The highest BCUT2D eigenvalue weighted by Gasteiger charge is 2.34. The predicted octanol–water partition coefficient (Wildman–Crippen LogP) is 1.81. The molecule has 9 heteroatoms. The second kappa shape index (κ2) is 6.96. The third-order valence-corrected chi connectivity index (χ3v) is 4.85. The van der Waals surface area contributed by atoms with E-state index in [1.165, 1.54) is 0 Å². The first-order chi connectivity index (χ1) is 10.2. The summed E-state index contributed by atoms with van der Waals surface area (Å²) in [6, 6.07) is 2.55. The molecule has 1 aromatic rings. The van der Waals surface area contributed by atoms with Gasteiger partial charge in [0, 0.05) is 12.0 Å². The Balaban J connectivity index is 3.02. The van der Waals surface area contributed by atoms with Crippen molar-refractivity contribution >= 4 is 21.6 Å². The molecule has 0 fully saturated rings. The van der Waals surface area contributed by atoms with Crippen LogP contribution in [0.25, 0.3) is 0 Å². The fourth-order valence-electron chi connectivity index (χ4n) is 2.28. The molecule has 0 aliphatic rings. The van der Waals surface area contributed by atoms with Crippen LogP contribution in [0, 0.1) is 5.41 Å². The van der Waals surface area contributed by atoms with Gasteiger partial charge in [-0.25, -0.2) is 13.1 Å². The Kier molecular flexibility index (Phi) is 6.12. The Bertz CT molecular complexity index is 658. The molecule has 0 aliphatic heterocycles. The van der Waals surface area contributed by atoms with Crippen molar-refractivity contribution in [3.63, 3.8) is 0 Å². The first-order valence-corrected chi connectivity index (χ1v) is 8.76. The molecule has 0 saturated heterocycles. The largest absolute Gasteiger partial charge is 0.417 e. The molecule has 4 nitrogen and oxygen atoms in total. The summed E-state index contributed by atoms with van der Waals surface area (Å²) in [5, 5.41) is -0.534. The highest BCUT2D eigenvalue weighted by atomic mass is 35.5. The zero-order valence-corrected chi connectivity index (χ0v) is 15.0. The summed E-state index contributed by atoms with van der Waals surface area (Å²) in [5.41, 5.74) is -1.51. The number of benzene rings is 1. The van der Waals surface area contributed by atoms with E-state index in [0.29, 0.717) is 12.6 Å². The Labute approximate surface area is 139 Å². The molecular formula is C14H21ClF3N2O2S+. The van der Waals surface area contributed by atoms with Crippen molar-refractivity contribution in [2.45, 2.75) is 24.9 Å². The van der Waals surface area contributed by atoms with Crippen molar-refractivity contribution in [3.05, 3.63) is 28.8 Å². The lowest BCUT2D eigenvalue weighted by Crippen LogP contribution is -3.07. The Hall–Kier alpha value is -0.830. The van der Waals surface area contributed by atoms with Crippen LogP contribution in [0.4, 0.5) is 13.2 Å². The zero-order valence-electron chi connectivity index (χ0n) is 13.4. The average molecular weight is 374 g/mol. The number of nitrogens with one attached hydrogen (secondary N) is 2. The molecule has 0 atom stereocenters. The van der Waals surface area contributed by atoms with Crippen molar-refractivity contribution < 1.29 is 26.5 Å². The second-order valence-electron chi connectivity index (χ2n) is 6.51. The maximum atomic E-state index is 12.8. The summed E-state index contributed by atoms with van der Waals surface area (Å²) < 4.78 is 65.3. The number of hydrogen-bond acceptors (Lipinski definition) is 2. The summed E-state index contributed by atoms with van der Waals surface area (Å²) in [6.07, 6.45) is -4.71. The van der Waals surface area contributed by atoms with Crippen LogP contribution in [-0.2, 0) is 16.2 Å². The van der Waals surface area contributed by atoms with Crippen molar-refractivity contribution in [3.8, 4) is 0 Å². The molecule has 0 unspecified atom stereocenters. The molecule has 132 valence electrons. The van der Waals surface area contributed by atoms with Crippen molar-refractivity contribution in [2.24, 2.45) is 5.41 Å². The highest BCUT2D eigenvalue weighted by Crippen LogP contribution is 2.35. The van der Waals surface area contributed by atoms with Crippen LogP contribution >= 0.6 is 11.6 Å². The minimum atomic E-state index is -4.71. The molecule has 0 saturated carbocycles. The molecule has 0 spiro atoms. The van der Waals surface area contributed by atoms with Crippen LogP contribution in [-0.4, -0.2) is 35.6 Å². The van der Waals surface area contributed by atoms with Crippen molar-refractivity contribution in [1.29, 1.82) is 0 Å². The van der Waals surface area contributed by atoms with Gasteiger partial charge in [0.1, 0.15) is 0 Å². The molecule has 0 radical (unpaired) electrons. The second-order valence-corrected chi connectivity index (χ2v) is 8.69. The molecule has 0 aliphatic carbocycles. The number of rotatable bonds is 6. The maximum absolute atomic E-state index is 12.8. The standard InChI is InChI=1S/C14H20ClF3N2O2S/c1-13(2,9-20(3)4)8-19-23(21,22)10-5-6-12(15)11(7-10)14(16,17)18/h5-7,19H,8-9H2,1-4H3/p+1. The Morgan fingerprint density at radius 1 is 1.22 bits per heavy atom. The van der Waals surface area contributed by atoms with Crippen LogP contribution in [0.3, 0.4) is 0 Å². The van der Waals surface area contributed by atoms with Gasteiger partial charge in [-0.05, 0) is 18.2 Å². The highest BCUT2D eigenvalue weighted by molar-refractivity contribution is 7.89. The first-order valence-electron chi connectivity index (χ1n) is 6.90. The van der Waals surface area contributed by atoms with E-state index in [1.54, 1.807) is 0 Å². The van der Waals surface area contributed by atoms with Crippen LogP contribution in [0.1, 0.15) is 19.4 Å². The van der Waals surface area contributed by atoms with E-state index < -0.39 is 31.7 Å². The van der Waals surface area contributed by atoms with E-state index in [1.807, 2.05) is 27.9 Å². The van der Waals surface area contributed by atoms with E-state index in [2.05, 4.69) is 4.72 Å². The van der Waals surface area contributed by atoms with E-state index in [0.717, 1.165) is 17.0 Å². The van der Waals surface area contributed by atoms with Gasteiger partial charge in [0.2, 0.25) is 10.0 Å². The third-order valence-electron chi connectivity index (χ3n) is 3.13. The third kappa shape index (κ3) is 5.95. The van der Waals surface area contributed by atoms with Gasteiger partial charge in [0.05, 0.1) is 36.1 Å². The maximum Gasteiger partial charge on any atom is 0.417 e. The van der Waals surface area contributed by atoms with Gasteiger partial charge in [-0.15, -0.1) is 0 Å². The van der Waals surface area contributed by atoms with Gasteiger partial charge in [-0.3, -0.25) is 0 Å². The summed E-state index contributed by atoms with van der Waals surface area (Å²) in [6.45, 7) is 4.57. The SMILES string of the molecule is C[NH+](C)CC(C)(C)CNS(=O)(=O)c1ccc(Cl)c(C(F)(F)F)c1. The van der Waals surface area contributed by atoms with Crippen LogP contribution in [0.5, 0.6) is 0 Å². The number of halogens is 4. The van der Waals surface area contributed by atoms with Gasteiger partial charge < -0.3 is 4.90 Å². The van der Waals surface area contributed by atoms with Crippen molar-refractivity contribution in [2.75, 3.05) is 27.2 Å². The van der Waals surface area contributed by atoms with E-state index in [9.17, 15) is 21.6 Å². The normalized spacial score (nSPS) is 13.6. The smallest absolute Gasteiger partial charge is 0.339 e. The minimum absolute atomic E-state index is 0.116. The van der Waals surface area contributed by atoms with Crippen LogP contribution in [0.15, 0.2) is 23.1 Å². The van der Waals surface area contributed by atoms with E-state index in [4.69, 9.17) is 11.6 Å². The topological polar surface area (TPSA) is 50.6 Å². The molecule has 1 rings (SSSR count). The molecular weight excluding hydrogens is 353 g/mol. The quantitative estimate of drug-likeness (QED) is 0.799. The van der Waals surface area contributed by atoms with E-state index >= 15 is 0 Å². The lowest BCUT2D eigenvalue weighted by molar-refractivity contribution is -0.865. The average Bonchev–Trinajstić information content (AvgIpc) is 2.34. The lowest BCUT2D eigenvalue weighted by Gasteiger charge is -2.26. The van der Waals surface area contributed by atoms with Gasteiger partial charge in [0.15, 0.2) is 0 Å². The monoisotopic (exact) mass is 373 g/mol. The Morgan fingerprint density at radius 3 is 2.26 bits per heavy atom. The minimum Gasteiger partial charge on any atom is -0.339 e. The first kappa shape index (κ1) is 20.2. The summed E-state index contributed by atoms with van der Waals surface area (Å²) in [4.78, 5) is 0.683. The predicted molar refractivity (Wildman–Crippen MR) is 83.1 cm³/mol. The van der Waals surface area contributed by atoms with Gasteiger partial charge >= 0.3 is 6.18 Å². The van der Waals surface area contributed by atoms with Gasteiger partial charge in [0.25, 0.3) is 0 Å². The zero-order chi connectivity index (χ0) is 18.1. The van der Waals surface area contributed by atoms with Gasteiger partial charge in [-0.1, -0.05) is 25.4 Å².